The Morgan fingerprint density at radius 1 is 1.48 bits per heavy atom. The first-order valence-corrected chi connectivity index (χ1v) is 8.94. The van der Waals surface area contributed by atoms with Gasteiger partial charge >= 0.3 is 0 Å². The van der Waals surface area contributed by atoms with E-state index in [-0.39, 0.29) is 6.04 Å². The summed E-state index contributed by atoms with van der Waals surface area (Å²) in [5.41, 5.74) is 11.8. The number of hydrogen-bond acceptors (Lipinski definition) is 6. The van der Waals surface area contributed by atoms with E-state index in [0.717, 1.165) is 40.9 Å². The molecule has 27 heavy (non-hydrogen) atoms. The zero-order valence-corrected chi connectivity index (χ0v) is 16.9. The minimum Gasteiger partial charge on any atom is -0.501 e. The number of nitrogen functional groups attached to an aromatic ring is 1. The lowest BCUT2D eigenvalue weighted by atomic mass is 10.0. The van der Waals surface area contributed by atoms with Crippen molar-refractivity contribution >= 4 is 23.7 Å². The van der Waals surface area contributed by atoms with Crippen molar-refractivity contribution in [2.45, 2.75) is 39.7 Å². The Morgan fingerprint density at radius 2 is 2.22 bits per heavy atom. The van der Waals surface area contributed by atoms with Gasteiger partial charge in [-0.2, -0.15) is 5.10 Å². The van der Waals surface area contributed by atoms with Gasteiger partial charge in [0.1, 0.15) is 5.69 Å². The Morgan fingerprint density at radius 3 is 2.81 bits per heavy atom. The smallest absolute Gasteiger partial charge is 0.104 e. The highest BCUT2D eigenvalue weighted by molar-refractivity contribution is 5.87. The fourth-order valence-corrected chi connectivity index (χ4v) is 2.84. The maximum absolute atomic E-state index is 6.21. The molecule has 6 nitrogen and oxygen atoms in total. The second kappa shape index (κ2) is 9.16. The second-order valence-electron chi connectivity index (χ2n) is 6.80. The molecule has 0 fully saturated rings. The zero-order chi connectivity index (χ0) is 20.0. The van der Waals surface area contributed by atoms with Crippen LogP contribution in [0.5, 0.6) is 0 Å². The van der Waals surface area contributed by atoms with Crippen molar-refractivity contribution in [3.05, 3.63) is 53.2 Å². The first-order chi connectivity index (χ1) is 12.8. The fraction of sp³-hybridized carbons (Fsp3) is 0.381. The minimum atomic E-state index is -0.0477. The summed E-state index contributed by atoms with van der Waals surface area (Å²) in [6.07, 6.45) is 8.93. The monoisotopic (exact) mass is 367 g/mol. The summed E-state index contributed by atoms with van der Waals surface area (Å²) in [4.78, 5) is 9.13. The van der Waals surface area contributed by atoms with Crippen LogP contribution in [0.2, 0.25) is 0 Å². The molecule has 2 heterocycles. The first kappa shape index (κ1) is 20.4. The summed E-state index contributed by atoms with van der Waals surface area (Å²) >= 11 is 0. The Bertz CT molecular complexity index is 820. The van der Waals surface area contributed by atoms with E-state index >= 15 is 0 Å². The molecule has 1 atom stereocenters. The lowest BCUT2D eigenvalue weighted by Crippen LogP contribution is -2.10. The average Bonchev–Trinajstić information content (AvgIpc) is 2.64. The summed E-state index contributed by atoms with van der Waals surface area (Å²) in [6, 6.07) is 1.89. The molecule has 2 N–H and O–H groups in total. The molecule has 0 bridgehead atoms. The number of nitrogens with zero attached hydrogens (tertiary/aromatic N) is 4. The maximum Gasteiger partial charge on any atom is 0.104 e. The lowest BCUT2D eigenvalue weighted by molar-refractivity contribution is 0.285. The van der Waals surface area contributed by atoms with Crippen LogP contribution in [-0.4, -0.2) is 42.6 Å². The summed E-state index contributed by atoms with van der Waals surface area (Å²) in [5, 5.41) is 5.97. The molecule has 1 aromatic rings. The number of methoxy groups -OCH3 is 1. The highest BCUT2D eigenvalue weighted by Gasteiger charge is 2.13. The van der Waals surface area contributed by atoms with Gasteiger partial charge in [-0.15, -0.1) is 0 Å². The third-order valence-electron chi connectivity index (χ3n) is 4.41. The van der Waals surface area contributed by atoms with Crippen molar-refractivity contribution in [2.24, 2.45) is 10.1 Å². The normalized spacial score (nSPS) is 16.2. The van der Waals surface area contributed by atoms with E-state index in [1.807, 2.05) is 52.5 Å². The van der Waals surface area contributed by atoms with Crippen LogP contribution in [0.15, 0.2) is 52.0 Å². The largest absolute Gasteiger partial charge is 0.501 e. The van der Waals surface area contributed by atoms with Gasteiger partial charge in [0.2, 0.25) is 0 Å². The van der Waals surface area contributed by atoms with Crippen LogP contribution < -0.4 is 5.73 Å². The quantitative estimate of drug-likeness (QED) is 0.449. The van der Waals surface area contributed by atoms with Crippen molar-refractivity contribution in [1.29, 1.82) is 0 Å². The molecule has 0 radical (unpaired) electrons. The third kappa shape index (κ3) is 5.54. The van der Waals surface area contributed by atoms with Crippen molar-refractivity contribution in [1.82, 2.24) is 9.99 Å². The predicted octanol–water partition coefficient (Wildman–Crippen LogP) is 4.02. The van der Waals surface area contributed by atoms with E-state index in [2.05, 4.69) is 21.7 Å². The molecule has 1 unspecified atom stereocenters. The number of hydrogen-bond donors (Lipinski definition) is 1. The van der Waals surface area contributed by atoms with Crippen molar-refractivity contribution in [3.63, 3.8) is 0 Å². The van der Waals surface area contributed by atoms with Gasteiger partial charge in [0.25, 0.3) is 0 Å². The van der Waals surface area contributed by atoms with Gasteiger partial charge in [0, 0.05) is 38.3 Å². The summed E-state index contributed by atoms with van der Waals surface area (Å²) in [6.45, 7) is 9.97. The van der Waals surface area contributed by atoms with Crippen LogP contribution in [0.4, 0.5) is 5.69 Å². The zero-order valence-electron chi connectivity index (χ0n) is 16.9. The van der Waals surface area contributed by atoms with E-state index < -0.39 is 0 Å². The van der Waals surface area contributed by atoms with Crippen LogP contribution in [-0.2, 0) is 4.74 Å². The van der Waals surface area contributed by atoms with Crippen molar-refractivity contribution in [3.8, 4) is 0 Å². The van der Waals surface area contributed by atoms with Crippen molar-refractivity contribution in [2.75, 3.05) is 19.9 Å². The molecule has 0 spiro atoms. The molecule has 2 rings (SSSR count). The predicted molar refractivity (Wildman–Crippen MR) is 114 cm³/mol. The summed E-state index contributed by atoms with van der Waals surface area (Å²) < 4.78 is 5.41. The Hall–Kier alpha value is -2.89. The molecular weight excluding hydrogens is 338 g/mol. The molecule has 1 aromatic heterocycles. The molecule has 0 aromatic carbocycles. The standard InChI is InChI=1S/C21H29N5O/c1-14(2)9-19(16(4)27-6)15(3)23-12-21-20(22)10-18(11-24-21)17-7-8-25-26(5)13-17/h8,10-13,15H,1,7,9,22H2,2-6H3/b19-16+,23-12?. The third-order valence-corrected chi connectivity index (χ3v) is 4.41. The number of aliphatic imine (C=N–C) groups is 1. The molecule has 1 aliphatic rings. The van der Waals surface area contributed by atoms with Crippen LogP contribution in [0.25, 0.3) is 5.57 Å². The molecule has 0 saturated carbocycles. The summed E-state index contributed by atoms with van der Waals surface area (Å²) in [5.74, 6) is 0.869. The topological polar surface area (TPSA) is 76.1 Å². The highest BCUT2D eigenvalue weighted by Crippen LogP contribution is 2.23. The Labute approximate surface area is 161 Å². The van der Waals surface area contributed by atoms with E-state index in [0.29, 0.717) is 11.4 Å². The van der Waals surface area contributed by atoms with Crippen LogP contribution >= 0.6 is 0 Å². The molecule has 6 heteroatoms. The number of ether oxygens (including phenoxy) is 1. The van der Waals surface area contributed by atoms with Gasteiger partial charge in [-0.05, 0) is 50.0 Å². The van der Waals surface area contributed by atoms with Crippen LogP contribution in [0, 0.1) is 0 Å². The number of rotatable bonds is 7. The lowest BCUT2D eigenvalue weighted by Gasteiger charge is -2.16. The highest BCUT2D eigenvalue weighted by atomic mass is 16.5. The SMILES string of the molecule is C=C(C)C/C(=C(/C)OC)C(C)N=Cc1ncc(C2=CN(C)N=CC2)cc1N. The molecular formula is C21H29N5O. The van der Waals surface area contributed by atoms with E-state index in [4.69, 9.17) is 10.5 Å². The number of pyridine rings is 1. The summed E-state index contributed by atoms with van der Waals surface area (Å²) in [7, 11) is 3.57. The minimum absolute atomic E-state index is 0.0477. The number of aromatic nitrogens is 1. The molecule has 0 saturated heterocycles. The van der Waals surface area contributed by atoms with Gasteiger partial charge in [-0.3, -0.25) is 15.0 Å². The molecule has 144 valence electrons. The Balaban J connectivity index is 2.20. The first-order valence-electron chi connectivity index (χ1n) is 8.94. The number of allylic oxidation sites excluding steroid dienone is 3. The number of anilines is 1. The van der Waals surface area contributed by atoms with Crippen LogP contribution in [0.1, 0.15) is 44.9 Å². The molecule has 1 aliphatic heterocycles. The van der Waals surface area contributed by atoms with Gasteiger partial charge in [-0.25, -0.2) is 0 Å². The average molecular weight is 367 g/mol. The van der Waals surface area contributed by atoms with Gasteiger partial charge < -0.3 is 10.5 Å². The van der Waals surface area contributed by atoms with Gasteiger partial charge in [0.15, 0.2) is 0 Å². The molecule has 0 amide bonds. The fourth-order valence-electron chi connectivity index (χ4n) is 2.84. The number of nitrogens with two attached hydrogens (primary N) is 1. The van der Waals surface area contributed by atoms with E-state index in [9.17, 15) is 0 Å². The van der Waals surface area contributed by atoms with Gasteiger partial charge in [0.05, 0.1) is 24.6 Å². The number of hydrazone groups is 1. The van der Waals surface area contributed by atoms with Gasteiger partial charge in [-0.1, -0.05) is 12.2 Å². The van der Waals surface area contributed by atoms with Crippen molar-refractivity contribution < 1.29 is 4.74 Å². The molecule has 0 aliphatic carbocycles. The van der Waals surface area contributed by atoms with E-state index in [1.165, 1.54) is 0 Å². The van der Waals surface area contributed by atoms with Crippen LogP contribution in [0.3, 0.4) is 0 Å². The van der Waals surface area contributed by atoms with E-state index in [1.54, 1.807) is 18.3 Å². The Kier molecular flexibility index (Phi) is 6.93. The second-order valence-corrected chi connectivity index (χ2v) is 6.80. The maximum atomic E-state index is 6.21.